The van der Waals surface area contributed by atoms with Crippen LogP contribution in [0, 0.1) is 11.8 Å². The number of ether oxygens (including phenoxy) is 3. The number of unbranched alkanes of at least 4 members (excludes halogenated alkanes) is 2. The van der Waals surface area contributed by atoms with Crippen molar-refractivity contribution in [3.63, 3.8) is 0 Å². The molecule has 0 fully saturated rings. The van der Waals surface area contributed by atoms with Gasteiger partial charge in [0.1, 0.15) is 13.2 Å². The molecule has 6 heteroatoms. The molecule has 2 unspecified atom stereocenters. The van der Waals surface area contributed by atoms with E-state index in [0.717, 1.165) is 38.5 Å². The van der Waals surface area contributed by atoms with E-state index in [1.54, 1.807) is 30.3 Å². The lowest BCUT2D eigenvalue weighted by molar-refractivity contribution is -0.158. The average molecular weight is 449 g/mol. The quantitative estimate of drug-likeness (QED) is 0.237. The molecular weight excluding hydrogens is 408 g/mol. The topological polar surface area (TPSA) is 78.9 Å². The predicted molar refractivity (Wildman–Crippen MR) is 124 cm³/mol. The summed E-state index contributed by atoms with van der Waals surface area (Å²) < 4.78 is 16.5. The molecule has 1 rings (SSSR count). The maximum Gasteiger partial charge on any atom is 0.338 e. The van der Waals surface area contributed by atoms with Crippen LogP contribution in [-0.2, 0) is 23.8 Å². The van der Waals surface area contributed by atoms with E-state index in [0.29, 0.717) is 18.4 Å². The normalized spacial score (nSPS) is 13.6. The Balaban J connectivity index is 2.76. The number of rotatable bonds is 16. The summed E-state index contributed by atoms with van der Waals surface area (Å²) in [6.07, 6.45) is 5.98. The Labute approximate surface area is 193 Å². The standard InChI is InChI=1S/C26H40O6/c1-5-9-14-20(7-3)24(27)30-18-23(32-26(29)22-16-12-11-13-17-22)19-31-25(28)21(8-4)15-10-6-2/h11-13,16-17,20-21,23H,5-10,14-15,18-19H2,1-4H3. The van der Waals surface area contributed by atoms with Crippen LogP contribution in [0.15, 0.2) is 30.3 Å². The van der Waals surface area contributed by atoms with E-state index >= 15 is 0 Å². The van der Waals surface area contributed by atoms with Crippen LogP contribution in [0.1, 0.15) is 89.4 Å². The van der Waals surface area contributed by atoms with Gasteiger partial charge in [-0.1, -0.05) is 71.6 Å². The largest absolute Gasteiger partial charge is 0.461 e. The van der Waals surface area contributed by atoms with Crippen molar-refractivity contribution in [1.82, 2.24) is 0 Å². The van der Waals surface area contributed by atoms with E-state index in [9.17, 15) is 14.4 Å². The second kappa shape index (κ2) is 16.3. The molecule has 0 heterocycles. The molecule has 0 aromatic heterocycles. The number of esters is 3. The fraction of sp³-hybridized carbons (Fsp3) is 0.654. The third-order valence-electron chi connectivity index (χ3n) is 5.57. The molecule has 180 valence electrons. The van der Waals surface area contributed by atoms with Crippen molar-refractivity contribution in [2.45, 2.75) is 85.2 Å². The zero-order valence-corrected chi connectivity index (χ0v) is 20.1. The fourth-order valence-electron chi connectivity index (χ4n) is 3.37. The first kappa shape index (κ1) is 27.7. The third-order valence-corrected chi connectivity index (χ3v) is 5.57. The van der Waals surface area contributed by atoms with E-state index in [2.05, 4.69) is 13.8 Å². The van der Waals surface area contributed by atoms with Gasteiger partial charge in [0.2, 0.25) is 0 Å². The van der Waals surface area contributed by atoms with E-state index in [1.165, 1.54) is 0 Å². The number of carbonyl (C=O) groups is 3. The molecule has 0 amide bonds. The first-order chi connectivity index (χ1) is 15.5. The summed E-state index contributed by atoms with van der Waals surface area (Å²) >= 11 is 0. The van der Waals surface area contributed by atoms with Gasteiger partial charge in [-0.25, -0.2) is 4.79 Å². The molecule has 32 heavy (non-hydrogen) atoms. The van der Waals surface area contributed by atoms with E-state index in [1.807, 2.05) is 13.8 Å². The molecule has 0 saturated carbocycles. The number of benzene rings is 1. The minimum atomic E-state index is -0.858. The lowest BCUT2D eigenvalue weighted by Crippen LogP contribution is -2.33. The van der Waals surface area contributed by atoms with Crippen molar-refractivity contribution in [3.8, 4) is 0 Å². The Morgan fingerprint density at radius 2 is 1.22 bits per heavy atom. The first-order valence-electron chi connectivity index (χ1n) is 12.1. The summed E-state index contributed by atoms with van der Waals surface area (Å²) in [5.41, 5.74) is 0.388. The van der Waals surface area contributed by atoms with Crippen LogP contribution in [-0.4, -0.2) is 37.2 Å². The number of hydrogen-bond donors (Lipinski definition) is 0. The summed E-state index contributed by atoms with van der Waals surface area (Å²) in [5.74, 6) is -1.51. The van der Waals surface area contributed by atoms with Gasteiger partial charge in [-0.3, -0.25) is 9.59 Å². The highest BCUT2D eigenvalue weighted by atomic mass is 16.6. The predicted octanol–water partition coefficient (Wildman–Crippen LogP) is 5.73. The number of carbonyl (C=O) groups excluding carboxylic acids is 3. The van der Waals surface area contributed by atoms with Crippen LogP contribution in [0.2, 0.25) is 0 Å². The van der Waals surface area contributed by atoms with Crippen LogP contribution >= 0.6 is 0 Å². The summed E-state index contributed by atoms with van der Waals surface area (Å²) in [4.78, 5) is 37.5. The van der Waals surface area contributed by atoms with Gasteiger partial charge in [0, 0.05) is 0 Å². The molecule has 0 aliphatic carbocycles. The molecule has 6 nitrogen and oxygen atoms in total. The second-order valence-corrected chi connectivity index (χ2v) is 8.15. The van der Waals surface area contributed by atoms with Gasteiger partial charge in [-0.15, -0.1) is 0 Å². The zero-order chi connectivity index (χ0) is 23.8. The Morgan fingerprint density at radius 1 is 0.750 bits per heavy atom. The average Bonchev–Trinajstić information content (AvgIpc) is 2.82. The fourth-order valence-corrected chi connectivity index (χ4v) is 3.37. The molecule has 2 atom stereocenters. The van der Waals surface area contributed by atoms with Crippen LogP contribution < -0.4 is 0 Å². The number of hydrogen-bond acceptors (Lipinski definition) is 6. The SMILES string of the molecule is CCCCC(CC)C(=O)OCC(COC(=O)C(CC)CCCC)OC(=O)c1ccccc1. The van der Waals surface area contributed by atoms with Gasteiger partial charge in [0.15, 0.2) is 6.10 Å². The van der Waals surface area contributed by atoms with Crippen molar-refractivity contribution in [3.05, 3.63) is 35.9 Å². The van der Waals surface area contributed by atoms with Crippen molar-refractivity contribution in [2.24, 2.45) is 11.8 Å². The van der Waals surface area contributed by atoms with Gasteiger partial charge in [-0.05, 0) is 37.8 Å². The maximum absolute atomic E-state index is 12.5. The lowest BCUT2D eigenvalue weighted by atomic mass is 10.00. The van der Waals surface area contributed by atoms with Gasteiger partial charge < -0.3 is 14.2 Å². The summed E-state index contributed by atoms with van der Waals surface area (Å²) in [6.45, 7) is 7.79. The molecule has 0 aliphatic heterocycles. The molecular formula is C26H40O6. The maximum atomic E-state index is 12.5. The molecule has 1 aromatic carbocycles. The molecule has 0 radical (unpaired) electrons. The smallest absolute Gasteiger partial charge is 0.338 e. The highest BCUT2D eigenvalue weighted by Gasteiger charge is 2.25. The molecule has 0 spiro atoms. The van der Waals surface area contributed by atoms with Gasteiger partial charge in [0.25, 0.3) is 0 Å². The second-order valence-electron chi connectivity index (χ2n) is 8.15. The Bertz CT molecular complexity index is 640. The lowest BCUT2D eigenvalue weighted by Gasteiger charge is -2.21. The Hall–Kier alpha value is -2.37. The van der Waals surface area contributed by atoms with Crippen LogP contribution in [0.5, 0.6) is 0 Å². The Morgan fingerprint density at radius 3 is 1.62 bits per heavy atom. The molecule has 1 aromatic rings. The van der Waals surface area contributed by atoms with E-state index in [4.69, 9.17) is 14.2 Å². The zero-order valence-electron chi connectivity index (χ0n) is 20.1. The monoisotopic (exact) mass is 448 g/mol. The van der Waals surface area contributed by atoms with E-state index in [-0.39, 0.29) is 37.0 Å². The van der Waals surface area contributed by atoms with Gasteiger partial charge in [0.05, 0.1) is 17.4 Å². The highest BCUT2D eigenvalue weighted by molar-refractivity contribution is 5.89. The van der Waals surface area contributed by atoms with E-state index < -0.39 is 12.1 Å². The molecule has 0 bridgehead atoms. The van der Waals surface area contributed by atoms with Crippen molar-refractivity contribution >= 4 is 17.9 Å². The van der Waals surface area contributed by atoms with Crippen molar-refractivity contribution < 1.29 is 28.6 Å². The summed E-state index contributed by atoms with van der Waals surface area (Å²) in [6, 6.07) is 8.58. The van der Waals surface area contributed by atoms with Crippen LogP contribution in [0.4, 0.5) is 0 Å². The molecule has 0 saturated heterocycles. The highest BCUT2D eigenvalue weighted by Crippen LogP contribution is 2.17. The Kier molecular flexibility index (Phi) is 14.1. The molecule has 0 N–H and O–H groups in total. The molecule has 0 aliphatic rings. The van der Waals surface area contributed by atoms with Gasteiger partial charge in [-0.2, -0.15) is 0 Å². The van der Waals surface area contributed by atoms with Gasteiger partial charge >= 0.3 is 17.9 Å². The first-order valence-corrected chi connectivity index (χ1v) is 12.1. The minimum absolute atomic E-state index is 0.140. The minimum Gasteiger partial charge on any atom is -0.461 e. The summed E-state index contributed by atoms with van der Waals surface area (Å²) in [7, 11) is 0. The van der Waals surface area contributed by atoms with Crippen molar-refractivity contribution in [1.29, 1.82) is 0 Å². The summed E-state index contributed by atoms with van der Waals surface area (Å²) in [5, 5.41) is 0. The third kappa shape index (κ3) is 10.3. The van der Waals surface area contributed by atoms with Crippen LogP contribution in [0.3, 0.4) is 0 Å². The van der Waals surface area contributed by atoms with Crippen molar-refractivity contribution in [2.75, 3.05) is 13.2 Å². The van der Waals surface area contributed by atoms with Crippen LogP contribution in [0.25, 0.3) is 0 Å².